The second kappa shape index (κ2) is 15.1. The highest BCUT2D eigenvalue weighted by molar-refractivity contribution is 9.11. The maximum Gasteiger partial charge on any atom is 0.229 e. The third kappa shape index (κ3) is 8.98. The molecule has 6 N–H and O–H groups in total. The standard InChI is InChI=1S/C6H2Br2N2O.C6H6N2O.CH3.BrH.H2O2/c7-3-1-5(8)10-4(2-9)6(3)11;7-4-5(8)6-2-1-3-9-6;;;1-2/h1,11H;1-3,5H,8H2;1H3;1H;1-2H/q;;-1;;/p+1. The van der Waals surface area contributed by atoms with Crippen molar-refractivity contribution in [3.05, 3.63) is 52.4 Å². The quantitative estimate of drug-likeness (QED) is 0.190. The fourth-order valence-corrected chi connectivity index (χ4v) is 2.23. The lowest BCUT2D eigenvalue weighted by atomic mass is 10.3. The second-order valence-corrected chi connectivity index (χ2v) is 5.10. The van der Waals surface area contributed by atoms with E-state index < -0.39 is 0 Å². The Morgan fingerprint density at radius 2 is 1.88 bits per heavy atom. The molecule has 2 heterocycles. The van der Waals surface area contributed by atoms with Crippen molar-refractivity contribution in [3.63, 3.8) is 0 Å². The van der Waals surface area contributed by atoms with Gasteiger partial charge in [-0.05, 0) is 50.1 Å². The minimum atomic E-state index is -0.375. The van der Waals surface area contributed by atoms with Gasteiger partial charge in [0.05, 0.1) is 10.7 Å². The number of aromatic hydroxyl groups is 1. The van der Waals surface area contributed by atoms with Crippen LogP contribution in [-0.2, 0) is 0 Å². The lowest BCUT2D eigenvalue weighted by molar-refractivity contribution is -0.409. The van der Waals surface area contributed by atoms with Crippen LogP contribution in [0.3, 0.4) is 0 Å². The summed E-state index contributed by atoms with van der Waals surface area (Å²) in [7, 11) is 0. The molecule has 0 amide bonds. The Bertz CT molecular complexity index is 669. The Balaban J connectivity index is -0.000000313. The lowest BCUT2D eigenvalue weighted by Crippen LogP contribution is -2.52. The van der Waals surface area contributed by atoms with Crippen LogP contribution in [0.5, 0.6) is 5.75 Å². The molecular weight excluding hydrogens is 516 g/mol. The number of hydrogen-bond acceptors (Lipinski definition) is 7. The van der Waals surface area contributed by atoms with E-state index in [4.69, 9.17) is 30.6 Å². The van der Waals surface area contributed by atoms with Crippen molar-refractivity contribution in [1.82, 2.24) is 4.98 Å². The van der Waals surface area contributed by atoms with Crippen LogP contribution in [0.2, 0.25) is 0 Å². The summed E-state index contributed by atoms with van der Waals surface area (Å²) >= 11 is 6.15. The van der Waals surface area contributed by atoms with E-state index >= 15 is 0 Å². The number of nitrogens with zero attached hydrogens (tertiary/aromatic N) is 3. The van der Waals surface area contributed by atoms with Gasteiger partial charge in [-0.15, -0.1) is 17.0 Å². The predicted molar refractivity (Wildman–Crippen MR) is 98.0 cm³/mol. The van der Waals surface area contributed by atoms with Gasteiger partial charge in [-0.2, -0.15) is 10.5 Å². The number of quaternary nitrogens is 1. The Kier molecular flexibility index (Phi) is 17.2. The van der Waals surface area contributed by atoms with E-state index in [1.165, 1.54) is 6.26 Å². The number of rotatable bonds is 1. The number of halogens is 3. The number of aromatic nitrogens is 1. The van der Waals surface area contributed by atoms with Crippen LogP contribution in [-0.4, -0.2) is 20.6 Å². The number of furan rings is 1. The smallest absolute Gasteiger partial charge is 0.229 e. The molecule has 0 aliphatic carbocycles. The molecule has 1 atom stereocenters. The highest BCUT2D eigenvalue weighted by atomic mass is 79.9. The molecule has 132 valence electrons. The minimum absolute atomic E-state index is 0. The van der Waals surface area contributed by atoms with E-state index in [0.717, 1.165) is 0 Å². The Morgan fingerprint density at radius 1 is 1.29 bits per heavy atom. The molecule has 2 rings (SSSR count). The number of hydrogen-bond donors (Lipinski definition) is 4. The van der Waals surface area contributed by atoms with Crippen LogP contribution in [0.4, 0.5) is 0 Å². The van der Waals surface area contributed by atoms with Gasteiger partial charge >= 0.3 is 0 Å². The number of nitriles is 2. The topological polar surface area (TPSA) is 162 Å². The molecule has 2 aromatic heterocycles. The fourth-order valence-electron chi connectivity index (χ4n) is 1.11. The Hall–Kier alpha value is -1.47. The Morgan fingerprint density at radius 3 is 2.29 bits per heavy atom. The molecule has 0 spiro atoms. The molecule has 11 heteroatoms. The molecule has 24 heavy (non-hydrogen) atoms. The molecule has 0 bridgehead atoms. The molecule has 0 saturated carbocycles. The summed E-state index contributed by atoms with van der Waals surface area (Å²) in [6.07, 6.45) is 1.53. The van der Waals surface area contributed by atoms with Crippen molar-refractivity contribution in [2.24, 2.45) is 0 Å². The van der Waals surface area contributed by atoms with Crippen LogP contribution in [0.15, 0.2) is 38.0 Å². The first-order chi connectivity index (χ1) is 10.5. The van der Waals surface area contributed by atoms with Crippen LogP contribution in [0.1, 0.15) is 17.5 Å². The second-order valence-electron chi connectivity index (χ2n) is 3.43. The average molecular weight is 531 g/mol. The van der Waals surface area contributed by atoms with Gasteiger partial charge in [0.15, 0.2) is 17.2 Å². The summed E-state index contributed by atoms with van der Waals surface area (Å²) in [5.41, 5.74) is 3.55. The summed E-state index contributed by atoms with van der Waals surface area (Å²) in [5, 5.41) is 38.0. The van der Waals surface area contributed by atoms with Gasteiger partial charge in [0.25, 0.3) is 0 Å². The predicted octanol–water partition coefficient (Wildman–Crippen LogP) is 3.32. The molecule has 0 fully saturated rings. The maximum atomic E-state index is 9.17. The monoisotopic (exact) mass is 528 g/mol. The van der Waals surface area contributed by atoms with Crippen LogP contribution >= 0.6 is 48.8 Å². The molecule has 0 radical (unpaired) electrons. The zero-order valence-corrected chi connectivity index (χ0v) is 17.2. The summed E-state index contributed by atoms with van der Waals surface area (Å²) < 4.78 is 5.87. The Labute approximate surface area is 166 Å². The number of pyridine rings is 1. The SMILES string of the molecule is Br.N#CC([NH3+])c1ccco1.N#Cc1nc(Br)cc(Br)c1O.OO.[CH3-]. The lowest BCUT2D eigenvalue weighted by Gasteiger charge is -1.97. The molecule has 1 unspecified atom stereocenters. The van der Waals surface area contributed by atoms with E-state index in [1.54, 1.807) is 24.3 Å². The van der Waals surface area contributed by atoms with Crippen molar-refractivity contribution >= 4 is 48.8 Å². The summed E-state index contributed by atoms with van der Waals surface area (Å²) in [6.45, 7) is 0. The van der Waals surface area contributed by atoms with E-state index in [2.05, 4.69) is 42.6 Å². The zero-order chi connectivity index (χ0) is 17.1. The molecule has 0 saturated heterocycles. The van der Waals surface area contributed by atoms with Crippen molar-refractivity contribution < 1.29 is 25.8 Å². The minimum Gasteiger partial charge on any atom is -0.504 e. The highest BCUT2D eigenvalue weighted by Crippen LogP contribution is 2.28. The zero-order valence-electron chi connectivity index (χ0n) is 12.3. The van der Waals surface area contributed by atoms with Gasteiger partial charge < -0.3 is 22.7 Å². The van der Waals surface area contributed by atoms with Crippen molar-refractivity contribution in [1.29, 1.82) is 10.5 Å². The summed E-state index contributed by atoms with van der Waals surface area (Å²) in [6, 6.07) is 8.39. The normalized spacial score (nSPS) is 9.12. The fraction of sp³-hybridized carbons (Fsp3) is 0.0769. The largest absolute Gasteiger partial charge is 0.504 e. The molecule has 0 aromatic carbocycles. The van der Waals surface area contributed by atoms with Gasteiger partial charge in [0, 0.05) is 0 Å². The van der Waals surface area contributed by atoms with Crippen molar-refractivity contribution in [3.8, 4) is 17.9 Å². The molecule has 8 nitrogen and oxygen atoms in total. The maximum absolute atomic E-state index is 9.17. The van der Waals surface area contributed by atoms with E-state index in [0.29, 0.717) is 14.8 Å². The first kappa shape index (κ1) is 27.4. The van der Waals surface area contributed by atoms with E-state index in [1.807, 2.05) is 6.07 Å². The van der Waals surface area contributed by atoms with Gasteiger partial charge in [-0.1, -0.05) is 0 Å². The van der Waals surface area contributed by atoms with Gasteiger partial charge in [0.2, 0.25) is 6.04 Å². The summed E-state index contributed by atoms with van der Waals surface area (Å²) in [4.78, 5) is 3.73. The molecule has 0 aliphatic heterocycles. The van der Waals surface area contributed by atoms with E-state index in [9.17, 15) is 0 Å². The van der Waals surface area contributed by atoms with Gasteiger partial charge in [-0.3, -0.25) is 10.5 Å². The van der Waals surface area contributed by atoms with Gasteiger partial charge in [-0.25, -0.2) is 4.98 Å². The molecule has 0 aliphatic rings. The third-order valence-corrected chi connectivity index (χ3v) is 3.07. The third-order valence-electron chi connectivity index (χ3n) is 2.06. The van der Waals surface area contributed by atoms with Crippen LogP contribution in [0.25, 0.3) is 0 Å². The van der Waals surface area contributed by atoms with E-state index in [-0.39, 0.29) is 41.9 Å². The van der Waals surface area contributed by atoms with Crippen LogP contribution < -0.4 is 5.73 Å². The average Bonchev–Trinajstić information content (AvgIpc) is 3.07. The first-order valence-electron chi connectivity index (χ1n) is 5.40. The molecule has 2 aromatic rings. The molecular formula is C13H15Br3N4O4. The van der Waals surface area contributed by atoms with Gasteiger partial charge in [0.1, 0.15) is 16.7 Å². The summed E-state index contributed by atoms with van der Waals surface area (Å²) in [5.74, 6) is 0.494. The van der Waals surface area contributed by atoms with Crippen molar-refractivity contribution in [2.75, 3.05) is 0 Å². The first-order valence-corrected chi connectivity index (χ1v) is 6.99. The van der Waals surface area contributed by atoms with Crippen molar-refractivity contribution in [2.45, 2.75) is 6.04 Å². The van der Waals surface area contributed by atoms with Crippen LogP contribution in [0, 0.1) is 30.1 Å². The highest BCUT2D eigenvalue weighted by Gasteiger charge is 2.08.